The maximum atomic E-state index is 12.6. The van der Waals surface area contributed by atoms with Gasteiger partial charge in [-0.2, -0.15) is 0 Å². The zero-order valence-corrected chi connectivity index (χ0v) is 26.2. The van der Waals surface area contributed by atoms with Crippen molar-refractivity contribution in [2.75, 3.05) is 45.8 Å². The first-order chi connectivity index (χ1) is 22.5. The van der Waals surface area contributed by atoms with E-state index in [0.717, 1.165) is 0 Å². The number of carboxylic acids is 8. The molecule has 0 aromatic rings. The number of rotatable bonds is 20. The Morgan fingerprint density at radius 1 is 0.500 bits per heavy atom. The van der Waals surface area contributed by atoms with Gasteiger partial charge in [-0.25, -0.2) is 0 Å². The van der Waals surface area contributed by atoms with E-state index in [0.29, 0.717) is 0 Å². The molecule has 9 N–H and O–H groups in total. The van der Waals surface area contributed by atoms with Crippen LogP contribution in [0.1, 0.15) is 51.4 Å². The smallest absolute Gasteiger partial charge is 0.320 e. The number of hydrogen-bond acceptors (Lipinski definition) is 12. The fraction of sp³-hybridized carbons (Fsp3) is 0.714. The van der Waals surface area contributed by atoms with Crippen LogP contribution in [0.5, 0.6) is 0 Å². The number of hydrogen-bond donors (Lipinski definition) is 9. The highest BCUT2D eigenvalue weighted by molar-refractivity contribution is 5.77. The fourth-order valence-corrected chi connectivity index (χ4v) is 5.76. The molecule has 1 heterocycles. The van der Waals surface area contributed by atoms with Gasteiger partial charge < -0.3 is 46.2 Å². The third kappa shape index (κ3) is 14.6. The summed E-state index contributed by atoms with van der Waals surface area (Å²) >= 11 is 0. The molecular formula is C28H44N4O16. The highest BCUT2D eigenvalue weighted by atomic mass is 16.4. The minimum absolute atomic E-state index is 0.00153. The quantitative estimate of drug-likeness (QED) is 0.0692. The molecule has 20 nitrogen and oxygen atoms in total. The molecule has 272 valence electrons. The fourth-order valence-electron chi connectivity index (χ4n) is 5.76. The van der Waals surface area contributed by atoms with Crippen LogP contribution in [0.3, 0.4) is 0 Å². The number of carboxylic acid groups (broad SMARTS) is 8. The standard InChI is InChI=1S/C28H44N4O16/c33-21(34)5-1-16(25(41)42)20-15-31(18(27(45)46)3-7-23(37)38)14-13-30(17(26(43)44)2-6-22(35)36)11-9-29-10-12-32(20)19(28(47)48)4-8-24(39)40/h16-20,29H,1-15H2,(H,33,34)(H,35,36)(H,37,38)(H,39,40)(H,41,42)(H,43,44)(H,45,46)(H,47,48). The molecule has 0 radical (unpaired) electrons. The van der Waals surface area contributed by atoms with Gasteiger partial charge >= 0.3 is 47.8 Å². The second-order valence-electron chi connectivity index (χ2n) is 11.3. The summed E-state index contributed by atoms with van der Waals surface area (Å²) in [4.78, 5) is 99.1. The van der Waals surface area contributed by atoms with E-state index in [9.17, 15) is 74.1 Å². The number of aliphatic carboxylic acids is 8. The highest BCUT2D eigenvalue weighted by Crippen LogP contribution is 2.25. The zero-order chi connectivity index (χ0) is 36.6. The van der Waals surface area contributed by atoms with Crippen LogP contribution in [0.4, 0.5) is 0 Å². The molecule has 1 rings (SSSR count). The summed E-state index contributed by atoms with van der Waals surface area (Å²) < 4.78 is 0. The molecule has 0 aromatic heterocycles. The first-order valence-corrected chi connectivity index (χ1v) is 15.2. The summed E-state index contributed by atoms with van der Waals surface area (Å²) in [7, 11) is 0. The number of nitrogens with zero attached hydrogens (tertiary/aromatic N) is 3. The maximum Gasteiger partial charge on any atom is 0.320 e. The van der Waals surface area contributed by atoms with Gasteiger partial charge in [-0.15, -0.1) is 0 Å². The second-order valence-corrected chi connectivity index (χ2v) is 11.3. The Morgan fingerprint density at radius 2 is 0.896 bits per heavy atom. The number of carbonyl (C=O) groups is 8. The highest BCUT2D eigenvalue weighted by Gasteiger charge is 2.42. The molecule has 1 fully saturated rings. The van der Waals surface area contributed by atoms with Crippen LogP contribution < -0.4 is 5.32 Å². The first kappa shape index (κ1) is 41.6. The third-order valence-corrected chi connectivity index (χ3v) is 8.13. The van der Waals surface area contributed by atoms with E-state index >= 15 is 0 Å². The van der Waals surface area contributed by atoms with Gasteiger partial charge in [-0.1, -0.05) is 0 Å². The predicted molar refractivity (Wildman–Crippen MR) is 159 cm³/mol. The average Bonchev–Trinajstić information content (AvgIpc) is 2.95. The molecular weight excluding hydrogens is 648 g/mol. The Kier molecular flexibility index (Phi) is 18.0. The average molecular weight is 693 g/mol. The molecule has 5 atom stereocenters. The van der Waals surface area contributed by atoms with E-state index in [1.165, 1.54) is 14.7 Å². The molecule has 0 spiro atoms. The second kappa shape index (κ2) is 20.8. The van der Waals surface area contributed by atoms with Crippen molar-refractivity contribution in [1.29, 1.82) is 0 Å². The Bertz CT molecular complexity index is 1170. The van der Waals surface area contributed by atoms with Crippen LogP contribution in [0, 0.1) is 5.92 Å². The lowest BCUT2D eigenvalue weighted by atomic mass is 9.90. The summed E-state index contributed by atoms with van der Waals surface area (Å²) in [5.41, 5.74) is 0. The van der Waals surface area contributed by atoms with Crippen molar-refractivity contribution in [1.82, 2.24) is 20.0 Å². The maximum absolute atomic E-state index is 12.6. The van der Waals surface area contributed by atoms with Gasteiger partial charge in [0.1, 0.15) is 18.1 Å². The van der Waals surface area contributed by atoms with Gasteiger partial charge in [0.2, 0.25) is 0 Å². The molecule has 20 heteroatoms. The number of nitrogens with one attached hydrogen (secondary N) is 1. The summed E-state index contributed by atoms with van der Waals surface area (Å²) in [5.74, 6) is -12.9. The van der Waals surface area contributed by atoms with E-state index in [2.05, 4.69) is 5.32 Å². The molecule has 5 unspecified atom stereocenters. The molecule has 0 amide bonds. The SMILES string of the molecule is O=C(O)CCC(C(=O)O)C1CN(C(CCC(=O)O)C(=O)O)CCN(C(CCC(=O)O)C(=O)O)CCNCCN1C(CCC(=O)O)C(=O)O. The van der Waals surface area contributed by atoms with Crippen LogP contribution in [0.25, 0.3) is 0 Å². The molecule has 0 aliphatic carbocycles. The van der Waals surface area contributed by atoms with Crippen molar-refractivity contribution in [2.45, 2.75) is 75.5 Å². The van der Waals surface area contributed by atoms with E-state index in [1.54, 1.807) is 0 Å². The molecule has 48 heavy (non-hydrogen) atoms. The Labute approximate surface area is 274 Å². The summed E-state index contributed by atoms with van der Waals surface area (Å²) in [6, 6.07) is -6.03. The van der Waals surface area contributed by atoms with Gasteiger partial charge in [0.25, 0.3) is 0 Å². The molecule has 0 saturated carbocycles. The monoisotopic (exact) mass is 692 g/mol. The minimum atomic E-state index is -1.63. The van der Waals surface area contributed by atoms with E-state index in [4.69, 9.17) is 5.11 Å². The summed E-state index contributed by atoms with van der Waals surface area (Å²) in [5, 5.41) is 80.5. The normalized spacial score (nSPS) is 19.8. The van der Waals surface area contributed by atoms with Gasteiger partial charge in [0.05, 0.1) is 5.92 Å². The third-order valence-electron chi connectivity index (χ3n) is 8.13. The van der Waals surface area contributed by atoms with Crippen LogP contribution in [-0.4, -0.2) is 173 Å². The van der Waals surface area contributed by atoms with Crippen LogP contribution in [0.2, 0.25) is 0 Å². The summed E-state index contributed by atoms with van der Waals surface area (Å²) in [6.45, 7) is -1.39. The predicted octanol–water partition coefficient (Wildman–Crippen LogP) is -1.62. The Hall–Kier alpha value is -4.40. The van der Waals surface area contributed by atoms with E-state index in [1.807, 2.05) is 0 Å². The zero-order valence-electron chi connectivity index (χ0n) is 26.2. The minimum Gasteiger partial charge on any atom is -0.481 e. The van der Waals surface area contributed by atoms with Gasteiger partial charge in [-0.05, 0) is 25.7 Å². The van der Waals surface area contributed by atoms with Gasteiger partial charge in [0.15, 0.2) is 0 Å². The molecule has 1 aliphatic rings. The first-order valence-electron chi connectivity index (χ1n) is 15.2. The lowest BCUT2D eigenvalue weighted by molar-refractivity contribution is -0.155. The Balaban J connectivity index is 3.87. The summed E-state index contributed by atoms with van der Waals surface area (Å²) in [6.07, 6.45) is -4.32. The van der Waals surface area contributed by atoms with E-state index in [-0.39, 0.29) is 45.7 Å². The van der Waals surface area contributed by atoms with Gasteiger partial charge in [-0.3, -0.25) is 53.1 Å². The van der Waals surface area contributed by atoms with Crippen molar-refractivity contribution in [3.8, 4) is 0 Å². The lowest BCUT2D eigenvalue weighted by Gasteiger charge is -2.43. The topological polar surface area (TPSA) is 320 Å². The van der Waals surface area contributed by atoms with Crippen LogP contribution in [-0.2, 0) is 38.4 Å². The van der Waals surface area contributed by atoms with Crippen molar-refractivity contribution in [3.05, 3.63) is 0 Å². The van der Waals surface area contributed by atoms with Crippen molar-refractivity contribution >= 4 is 47.8 Å². The van der Waals surface area contributed by atoms with E-state index < -0.39 is 129 Å². The Morgan fingerprint density at radius 3 is 1.33 bits per heavy atom. The van der Waals surface area contributed by atoms with Crippen molar-refractivity contribution in [3.63, 3.8) is 0 Å². The molecule has 0 aromatic carbocycles. The van der Waals surface area contributed by atoms with Crippen molar-refractivity contribution in [2.24, 2.45) is 5.92 Å². The van der Waals surface area contributed by atoms with Gasteiger partial charge in [0, 0.05) is 77.5 Å². The largest absolute Gasteiger partial charge is 0.481 e. The molecule has 1 saturated heterocycles. The van der Waals surface area contributed by atoms with Crippen molar-refractivity contribution < 1.29 is 79.2 Å². The van der Waals surface area contributed by atoms with Crippen LogP contribution in [0.15, 0.2) is 0 Å². The lowest BCUT2D eigenvalue weighted by Crippen LogP contribution is -2.60. The molecule has 1 aliphatic heterocycles. The van der Waals surface area contributed by atoms with Crippen LogP contribution >= 0.6 is 0 Å². The molecule has 0 bridgehead atoms.